The zero-order valence-corrected chi connectivity index (χ0v) is 8.70. The summed E-state index contributed by atoms with van der Waals surface area (Å²) in [6, 6.07) is 0. The summed E-state index contributed by atoms with van der Waals surface area (Å²) in [4.78, 5) is 30.0. The normalized spacial score (nSPS) is 8.21. The van der Waals surface area contributed by atoms with Crippen LogP contribution in [0.1, 0.15) is 33.6 Å². The molecule has 14 heavy (non-hydrogen) atoms. The Hall–Kier alpha value is -1.39. The summed E-state index contributed by atoms with van der Waals surface area (Å²) in [6.07, 6.45) is 0.119. The van der Waals surface area contributed by atoms with Gasteiger partial charge < -0.3 is 9.84 Å². The SMILES string of the molecule is CCC(=O)O.CCOC(=O)CC(C)=O. The molecule has 1 N–H and O–H groups in total. The smallest absolute Gasteiger partial charge is 0.313 e. The lowest BCUT2D eigenvalue weighted by Gasteiger charge is -1.96. The van der Waals surface area contributed by atoms with E-state index in [2.05, 4.69) is 4.74 Å². The Labute approximate surface area is 83.1 Å². The van der Waals surface area contributed by atoms with Crippen LogP contribution in [0.5, 0.6) is 0 Å². The third kappa shape index (κ3) is 16.9. The van der Waals surface area contributed by atoms with Gasteiger partial charge in [-0.25, -0.2) is 0 Å². The first-order valence-electron chi connectivity index (χ1n) is 4.30. The Morgan fingerprint density at radius 2 is 1.64 bits per heavy atom. The molecule has 0 radical (unpaired) electrons. The second kappa shape index (κ2) is 9.70. The quantitative estimate of drug-likeness (QED) is 0.546. The van der Waals surface area contributed by atoms with Crippen molar-refractivity contribution in [3.63, 3.8) is 0 Å². The monoisotopic (exact) mass is 204 g/mol. The lowest BCUT2D eigenvalue weighted by Crippen LogP contribution is -2.07. The van der Waals surface area contributed by atoms with Crippen molar-refractivity contribution in [3.8, 4) is 0 Å². The molecule has 0 aromatic carbocycles. The zero-order chi connectivity index (χ0) is 11.6. The third-order valence-corrected chi connectivity index (χ3v) is 1.00. The van der Waals surface area contributed by atoms with Crippen LogP contribution in [0.2, 0.25) is 0 Å². The van der Waals surface area contributed by atoms with Gasteiger partial charge in [-0.15, -0.1) is 0 Å². The maximum absolute atomic E-state index is 10.4. The summed E-state index contributed by atoms with van der Waals surface area (Å²) >= 11 is 0. The van der Waals surface area contributed by atoms with E-state index < -0.39 is 11.9 Å². The minimum Gasteiger partial charge on any atom is -0.481 e. The zero-order valence-electron chi connectivity index (χ0n) is 8.70. The van der Waals surface area contributed by atoms with Gasteiger partial charge in [-0.2, -0.15) is 0 Å². The molecule has 0 aromatic heterocycles. The number of carbonyl (C=O) groups excluding carboxylic acids is 2. The maximum atomic E-state index is 10.4. The lowest BCUT2D eigenvalue weighted by molar-refractivity contribution is -0.145. The van der Waals surface area contributed by atoms with Crippen molar-refractivity contribution in [3.05, 3.63) is 0 Å². The second-order valence-electron chi connectivity index (χ2n) is 2.43. The fourth-order valence-corrected chi connectivity index (χ4v) is 0.415. The molecule has 0 saturated carbocycles. The van der Waals surface area contributed by atoms with Gasteiger partial charge in [0.15, 0.2) is 0 Å². The van der Waals surface area contributed by atoms with Crippen molar-refractivity contribution in [1.82, 2.24) is 0 Å². The Balaban J connectivity index is 0. The first-order valence-corrected chi connectivity index (χ1v) is 4.30. The topological polar surface area (TPSA) is 80.7 Å². The van der Waals surface area contributed by atoms with Crippen molar-refractivity contribution < 1.29 is 24.2 Å². The molecule has 0 bridgehead atoms. The summed E-state index contributed by atoms with van der Waals surface area (Å²) in [7, 11) is 0. The highest BCUT2D eigenvalue weighted by molar-refractivity contribution is 5.94. The molecule has 0 aliphatic carbocycles. The molecule has 0 aromatic rings. The molecule has 0 unspecified atom stereocenters. The summed E-state index contributed by atoms with van der Waals surface area (Å²) in [5.41, 5.74) is 0. The van der Waals surface area contributed by atoms with Crippen LogP contribution in [0.3, 0.4) is 0 Å². The van der Waals surface area contributed by atoms with Crippen molar-refractivity contribution >= 4 is 17.7 Å². The van der Waals surface area contributed by atoms with Gasteiger partial charge in [0.2, 0.25) is 0 Å². The van der Waals surface area contributed by atoms with E-state index in [-0.39, 0.29) is 18.6 Å². The molecular weight excluding hydrogens is 188 g/mol. The number of rotatable bonds is 4. The van der Waals surface area contributed by atoms with Gasteiger partial charge in [0.05, 0.1) is 6.61 Å². The lowest BCUT2D eigenvalue weighted by atomic mass is 10.3. The van der Waals surface area contributed by atoms with E-state index in [1.54, 1.807) is 13.8 Å². The average Bonchev–Trinajstić information content (AvgIpc) is 2.04. The fourth-order valence-electron chi connectivity index (χ4n) is 0.415. The van der Waals surface area contributed by atoms with Crippen LogP contribution in [0.25, 0.3) is 0 Å². The molecule has 0 atom stereocenters. The number of carboxylic acid groups (broad SMARTS) is 1. The number of ketones is 1. The predicted octanol–water partition coefficient (Wildman–Crippen LogP) is 1.01. The number of Topliss-reactive ketones (excluding diaryl/α,β-unsaturated/α-hetero) is 1. The number of hydrogen-bond donors (Lipinski definition) is 1. The van der Waals surface area contributed by atoms with Gasteiger partial charge in [0.1, 0.15) is 12.2 Å². The van der Waals surface area contributed by atoms with Crippen molar-refractivity contribution in [2.24, 2.45) is 0 Å². The number of carbonyl (C=O) groups is 3. The van der Waals surface area contributed by atoms with Crippen LogP contribution in [0.4, 0.5) is 0 Å². The molecule has 0 spiro atoms. The Morgan fingerprint density at radius 1 is 1.21 bits per heavy atom. The molecule has 0 saturated heterocycles. The molecule has 0 heterocycles. The first-order chi connectivity index (χ1) is 6.43. The summed E-state index contributed by atoms with van der Waals surface area (Å²) < 4.78 is 4.49. The predicted molar refractivity (Wildman–Crippen MR) is 49.9 cm³/mol. The van der Waals surface area contributed by atoms with Gasteiger partial charge in [-0.05, 0) is 13.8 Å². The molecule has 5 heteroatoms. The van der Waals surface area contributed by atoms with E-state index in [0.29, 0.717) is 6.61 Å². The van der Waals surface area contributed by atoms with Gasteiger partial charge in [0.25, 0.3) is 0 Å². The highest BCUT2D eigenvalue weighted by Gasteiger charge is 2.03. The number of aliphatic carboxylic acids is 1. The molecule has 0 fully saturated rings. The molecule has 0 aliphatic rings. The molecule has 0 amide bonds. The molecular formula is C9H16O5. The largest absolute Gasteiger partial charge is 0.481 e. The van der Waals surface area contributed by atoms with Crippen LogP contribution in [0.15, 0.2) is 0 Å². The fraction of sp³-hybridized carbons (Fsp3) is 0.667. The Kier molecular flexibility index (Phi) is 10.5. The standard InChI is InChI=1S/C6H10O3.C3H6O2/c1-3-9-6(8)4-5(2)7;1-2-3(4)5/h3-4H2,1-2H3;2H2,1H3,(H,4,5). The highest BCUT2D eigenvalue weighted by Crippen LogP contribution is 1.86. The maximum Gasteiger partial charge on any atom is 0.313 e. The summed E-state index contributed by atoms with van der Waals surface area (Å²) in [6.45, 7) is 5.00. The molecule has 0 rings (SSSR count). The van der Waals surface area contributed by atoms with E-state index in [4.69, 9.17) is 5.11 Å². The van der Waals surface area contributed by atoms with Crippen LogP contribution >= 0.6 is 0 Å². The van der Waals surface area contributed by atoms with Crippen molar-refractivity contribution in [1.29, 1.82) is 0 Å². The van der Waals surface area contributed by atoms with Gasteiger partial charge in [-0.1, -0.05) is 6.92 Å². The van der Waals surface area contributed by atoms with Crippen molar-refractivity contribution in [2.45, 2.75) is 33.6 Å². The number of ether oxygens (including phenoxy) is 1. The van der Waals surface area contributed by atoms with E-state index in [1.807, 2.05) is 0 Å². The van der Waals surface area contributed by atoms with E-state index in [0.717, 1.165) is 0 Å². The minimum absolute atomic E-state index is 0.103. The van der Waals surface area contributed by atoms with Crippen LogP contribution < -0.4 is 0 Å². The first kappa shape index (κ1) is 15.1. The Bertz CT molecular complexity index is 197. The number of hydrogen-bond acceptors (Lipinski definition) is 4. The summed E-state index contributed by atoms with van der Waals surface area (Å²) in [5.74, 6) is -1.34. The van der Waals surface area contributed by atoms with Crippen LogP contribution in [0, 0.1) is 0 Å². The van der Waals surface area contributed by atoms with Crippen LogP contribution in [-0.2, 0) is 19.1 Å². The average molecular weight is 204 g/mol. The van der Waals surface area contributed by atoms with Gasteiger partial charge in [-0.3, -0.25) is 14.4 Å². The number of esters is 1. The number of carboxylic acids is 1. The second-order valence-corrected chi connectivity index (χ2v) is 2.43. The van der Waals surface area contributed by atoms with Crippen molar-refractivity contribution in [2.75, 3.05) is 6.61 Å². The molecule has 5 nitrogen and oxygen atoms in total. The summed E-state index contributed by atoms with van der Waals surface area (Å²) in [5, 5.41) is 7.72. The van der Waals surface area contributed by atoms with E-state index in [1.165, 1.54) is 6.92 Å². The Morgan fingerprint density at radius 3 is 1.86 bits per heavy atom. The van der Waals surface area contributed by atoms with Gasteiger partial charge >= 0.3 is 11.9 Å². The third-order valence-electron chi connectivity index (χ3n) is 1.00. The van der Waals surface area contributed by atoms with E-state index in [9.17, 15) is 14.4 Å². The van der Waals surface area contributed by atoms with Crippen LogP contribution in [-0.4, -0.2) is 29.4 Å². The highest BCUT2D eigenvalue weighted by atomic mass is 16.5. The van der Waals surface area contributed by atoms with E-state index >= 15 is 0 Å². The molecule has 82 valence electrons. The van der Waals surface area contributed by atoms with Gasteiger partial charge in [0, 0.05) is 6.42 Å². The molecule has 0 aliphatic heterocycles. The minimum atomic E-state index is -0.745.